The van der Waals surface area contributed by atoms with Crippen molar-refractivity contribution in [3.05, 3.63) is 131 Å². The third-order valence-corrected chi connectivity index (χ3v) is 8.21. The average Bonchev–Trinajstić information content (AvgIpc) is 3.36. The van der Waals surface area contributed by atoms with Crippen LogP contribution in [0.25, 0.3) is 17.0 Å². The first-order valence-corrected chi connectivity index (χ1v) is 14.9. The van der Waals surface area contributed by atoms with Crippen molar-refractivity contribution in [1.29, 1.82) is 0 Å². The summed E-state index contributed by atoms with van der Waals surface area (Å²) >= 11 is 0. The smallest absolute Gasteiger partial charge is 0.0912 e. The van der Waals surface area contributed by atoms with Crippen molar-refractivity contribution >= 4 is 5.57 Å². The molecule has 3 heteroatoms. The number of allylic oxidation sites excluding steroid dienone is 14. The monoisotopic (exact) mass is 527 g/mol. The molecule has 2 aromatic rings. The first-order chi connectivity index (χ1) is 19.6. The molecule has 0 fully saturated rings. The Labute approximate surface area is 239 Å². The standard InChI is InChI=1S/C37H41N3/c1-4-29(24-30-14-6-5-7-15-30)16-8-12-27(2)33-19-10-17-31-22-23-32(18-11-20-34(31)25-33)35-26-38-40-37(35)36-21-9-13-28(3)39-36/h9-11,13-14,18-23,25-26,29H,2,4-8,12,15-16,24H2,1,3H3,(H,38,40)/b20-11+,23-22-,32-18-. The van der Waals surface area contributed by atoms with Crippen LogP contribution in [-0.2, 0) is 0 Å². The molecule has 0 spiro atoms. The summed E-state index contributed by atoms with van der Waals surface area (Å²) in [7, 11) is 0. The van der Waals surface area contributed by atoms with Crippen molar-refractivity contribution in [2.75, 3.05) is 0 Å². The fraction of sp³-hybridized carbons (Fsp3) is 0.324. The second-order valence-electron chi connectivity index (χ2n) is 11.2. The normalized spacial score (nSPS) is 20.3. The average molecular weight is 528 g/mol. The molecule has 0 saturated carbocycles. The number of nitrogens with zero attached hydrogens (tertiary/aromatic N) is 2. The van der Waals surface area contributed by atoms with Crippen molar-refractivity contribution in [1.82, 2.24) is 15.2 Å². The van der Waals surface area contributed by atoms with E-state index in [0.717, 1.165) is 51.7 Å². The number of fused-ring (bicyclic) bond motifs is 1. The van der Waals surface area contributed by atoms with Crippen molar-refractivity contribution in [3.63, 3.8) is 0 Å². The van der Waals surface area contributed by atoms with Crippen molar-refractivity contribution < 1.29 is 0 Å². The zero-order chi connectivity index (χ0) is 27.7. The maximum Gasteiger partial charge on any atom is 0.0912 e. The number of aromatic nitrogens is 3. The summed E-state index contributed by atoms with van der Waals surface area (Å²) in [5.41, 5.74) is 14.7. The van der Waals surface area contributed by atoms with E-state index >= 15 is 0 Å². The van der Waals surface area contributed by atoms with Crippen LogP contribution in [0.5, 0.6) is 0 Å². The summed E-state index contributed by atoms with van der Waals surface area (Å²) in [5.74, 6) is 0.795. The van der Waals surface area contributed by atoms with Gasteiger partial charge in [0.05, 0.1) is 17.6 Å². The molecule has 2 heterocycles. The van der Waals surface area contributed by atoms with Gasteiger partial charge in [0, 0.05) is 16.8 Å². The number of rotatable bonds is 10. The molecule has 1 unspecified atom stereocenters. The highest BCUT2D eigenvalue weighted by molar-refractivity contribution is 5.84. The molecule has 204 valence electrons. The van der Waals surface area contributed by atoms with Crippen LogP contribution in [-0.4, -0.2) is 15.2 Å². The van der Waals surface area contributed by atoms with Gasteiger partial charge < -0.3 is 0 Å². The molecule has 0 amide bonds. The fourth-order valence-corrected chi connectivity index (χ4v) is 5.81. The Hall–Kier alpha value is -3.94. The highest BCUT2D eigenvalue weighted by Gasteiger charge is 2.15. The molecular weight excluding hydrogens is 486 g/mol. The Morgan fingerprint density at radius 3 is 2.88 bits per heavy atom. The van der Waals surface area contributed by atoms with E-state index in [4.69, 9.17) is 0 Å². The lowest BCUT2D eigenvalue weighted by molar-refractivity contribution is 0.440. The number of nitrogens with one attached hydrogen (secondary N) is 1. The predicted molar refractivity (Wildman–Crippen MR) is 169 cm³/mol. The van der Waals surface area contributed by atoms with E-state index in [0.29, 0.717) is 0 Å². The van der Waals surface area contributed by atoms with E-state index in [9.17, 15) is 0 Å². The minimum atomic E-state index is 0.795. The Kier molecular flexibility index (Phi) is 9.26. The fourth-order valence-electron chi connectivity index (χ4n) is 5.81. The summed E-state index contributed by atoms with van der Waals surface area (Å²) < 4.78 is 0. The molecule has 3 nitrogen and oxygen atoms in total. The van der Waals surface area contributed by atoms with E-state index in [1.54, 1.807) is 5.57 Å². The van der Waals surface area contributed by atoms with Crippen LogP contribution in [0.2, 0.25) is 0 Å². The highest BCUT2D eigenvalue weighted by Crippen LogP contribution is 2.32. The lowest BCUT2D eigenvalue weighted by Gasteiger charge is -2.20. The van der Waals surface area contributed by atoms with Crippen LogP contribution in [0, 0.1) is 12.8 Å². The van der Waals surface area contributed by atoms with E-state index in [1.807, 2.05) is 37.4 Å². The zero-order valence-electron chi connectivity index (χ0n) is 24.0. The number of aromatic amines is 1. The third-order valence-electron chi connectivity index (χ3n) is 8.21. The van der Waals surface area contributed by atoms with Gasteiger partial charge in [-0.2, -0.15) is 5.10 Å². The molecule has 0 aliphatic heterocycles. The van der Waals surface area contributed by atoms with E-state index in [2.05, 4.69) is 83.0 Å². The molecule has 0 bridgehead atoms. The maximum absolute atomic E-state index is 4.69. The molecule has 0 radical (unpaired) electrons. The van der Waals surface area contributed by atoms with Crippen LogP contribution in [0.1, 0.15) is 76.0 Å². The molecule has 0 saturated heterocycles. The number of hydrogen-bond acceptors (Lipinski definition) is 2. The summed E-state index contributed by atoms with van der Waals surface area (Å²) in [4.78, 5) is 4.69. The van der Waals surface area contributed by atoms with Gasteiger partial charge in [0.1, 0.15) is 0 Å². The second kappa shape index (κ2) is 13.4. The first kappa shape index (κ1) is 27.6. The number of hydrogen-bond donors (Lipinski definition) is 1. The molecule has 2 aromatic heterocycles. The van der Waals surface area contributed by atoms with Crippen LogP contribution in [0.3, 0.4) is 0 Å². The Bertz CT molecular complexity index is 1490. The van der Waals surface area contributed by atoms with Gasteiger partial charge in [0.15, 0.2) is 0 Å². The number of pyridine rings is 1. The Morgan fingerprint density at radius 1 is 1.12 bits per heavy atom. The minimum absolute atomic E-state index is 0.795. The van der Waals surface area contributed by atoms with Crippen molar-refractivity contribution in [2.24, 2.45) is 5.92 Å². The van der Waals surface area contributed by atoms with E-state index in [-0.39, 0.29) is 0 Å². The lowest BCUT2D eigenvalue weighted by Crippen LogP contribution is -2.03. The molecule has 3 aliphatic rings. The van der Waals surface area contributed by atoms with Gasteiger partial charge in [-0.3, -0.25) is 10.1 Å². The summed E-state index contributed by atoms with van der Waals surface area (Å²) in [5, 5.41) is 7.47. The van der Waals surface area contributed by atoms with Crippen LogP contribution in [0.15, 0.2) is 119 Å². The minimum Gasteiger partial charge on any atom is -0.276 e. The molecule has 3 aliphatic carbocycles. The van der Waals surface area contributed by atoms with E-state index < -0.39 is 0 Å². The van der Waals surface area contributed by atoms with Gasteiger partial charge in [0.2, 0.25) is 0 Å². The van der Waals surface area contributed by atoms with Crippen LogP contribution in [0.4, 0.5) is 0 Å². The summed E-state index contributed by atoms with van der Waals surface area (Å²) in [6.07, 6.45) is 33.0. The molecule has 1 N–H and O–H groups in total. The topological polar surface area (TPSA) is 41.6 Å². The Morgan fingerprint density at radius 2 is 2.05 bits per heavy atom. The molecule has 0 aromatic carbocycles. The van der Waals surface area contributed by atoms with Gasteiger partial charge in [0.25, 0.3) is 0 Å². The van der Waals surface area contributed by atoms with Crippen molar-refractivity contribution in [2.45, 2.75) is 71.6 Å². The molecule has 1 atom stereocenters. The number of H-pyrrole nitrogens is 1. The Balaban J connectivity index is 1.25. The lowest BCUT2D eigenvalue weighted by atomic mass is 9.86. The SMILES string of the molecule is C=C(CCCC(CC)CC1=CCCCC1)C1=CC=C=C2\C=C/C(c3cn[nH]c3-c3cccc(C)n3)=C/C=C/C2=C1. The van der Waals surface area contributed by atoms with Gasteiger partial charge in [-0.15, -0.1) is 5.73 Å². The zero-order valence-corrected chi connectivity index (χ0v) is 24.0. The second-order valence-corrected chi connectivity index (χ2v) is 11.2. The number of aryl methyl sites for hydroxylation is 1. The van der Waals surface area contributed by atoms with Gasteiger partial charge in [-0.25, -0.2) is 0 Å². The first-order valence-electron chi connectivity index (χ1n) is 14.9. The van der Waals surface area contributed by atoms with Crippen molar-refractivity contribution in [3.8, 4) is 11.4 Å². The van der Waals surface area contributed by atoms with Crippen LogP contribution >= 0.6 is 0 Å². The van der Waals surface area contributed by atoms with Gasteiger partial charge >= 0.3 is 0 Å². The van der Waals surface area contributed by atoms with Gasteiger partial charge in [-0.05, 0) is 123 Å². The molecular formula is C37H41N3. The predicted octanol–water partition coefficient (Wildman–Crippen LogP) is 9.88. The maximum atomic E-state index is 4.69. The largest absolute Gasteiger partial charge is 0.276 e. The quantitative estimate of drug-likeness (QED) is 0.247. The summed E-state index contributed by atoms with van der Waals surface area (Å²) in [6.45, 7) is 8.83. The highest BCUT2D eigenvalue weighted by atomic mass is 15.1. The third kappa shape index (κ3) is 6.97. The van der Waals surface area contributed by atoms with Crippen LogP contribution < -0.4 is 0 Å². The molecule has 5 rings (SSSR count). The summed E-state index contributed by atoms with van der Waals surface area (Å²) in [6, 6.07) is 6.05. The molecule has 40 heavy (non-hydrogen) atoms. The van der Waals surface area contributed by atoms with Gasteiger partial charge in [-0.1, -0.05) is 61.9 Å². The van der Waals surface area contributed by atoms with E-state index in [1.165, 1.54) is 62.5 Å².